The number of halogens is 2. The lowest BCUT2D eigenvalue weighted by atomic mass is 10.1. The minimum absolute atomic E-state index is 0.310. The molecule has 0 fully saturated rings. The van der Waals surface area contributed by atoms with Gasteiger partial charge >= 0.3 is 0 Å². The maximum absolute atomic E-state index is 5.90. The third kappa shape index (κ3) is 2.35. The number of hydrogen-bond donors (Lipinski definition) is 1. The van der Waals surface area contributed by atoms with Crippen molar-refractivity contribution in [3.63, 3.8) is 0 Å². The van der Waals surface area contributed by atoms with Crippen molar-refractivity contribution in [1.29, 1.82) is 0 Å². The molecule has 0 saturated heterocycles. The molecule has 12 heavy (non-hydrogen) atoms. The zero-order chi connectivity index (χ0) is 9.14. The van der Waals surface area contributed by atoms with E-state index in [1.807, 2.05) is 0 Å². The Morgan fingerprint density at radius 1 is 1.67 bits per heavy atom. The zero-order valence-electron chi connectivity index (χ0n) is 6.81. The Hall–Kier alpha value is 0.210. The molecule has 0 heterocycles. The smallest absolute Gasteiger partial charge is 0.0569 e. The van der Waals surface area contributed by atoms with E-state index in [-0.39, 0.29) is 0 Å². The third-order valence-electron chi connectivity index (χ3n) is 1.66. The van der Waals surface area contributed by atoms with Gasteiger partial charge in [-0.15, -0.1) is 0 Å². The van der Waals surface area contributed by atoms with Crippen LogP contribution < -0.4 is 5.73 Å². The predicted molar refractivity (Wildman–Crippen MR) is 57.5 cm³/mol. The van der Waals surface area contributed by atoms with E-state index in [1.165, 1.54) is 0 Å². The first-order chi connectivity index (χ1) is 5.65. The number of rotatable bonds is 2. The largest absolute Gasteiger partial charge is 0.401 e. The van der Waals surface area contributed by atoms with Crippen LogP contribution in [-0.2, 0) is 0 Å². The highest BCUT2D eigenvalue weighted by molar-refractivity contribution is 8.00. The lowest BCUT2D eigenvalue weighted by molar-refractivity contribution is 0.945. The van der Waals surface area contributed by atoms with E-state index in [0.29, 0.717) is 10.3 Å². The van der Waals surface area contributed by atoms with Crippen molar-refractivity contribution in [2.45, 2.75) is 18.6 Å². The maximum Gasteiger partial charge on any atom is 0.0569 e. The van der Waals surface area contributed by atoms with E-state index in [4.69, 9.17) is 28.9 Å². The Kier molecular flexibility index (Phi) is 3.81. The van der Waals surface area contributed by atoms with E-state index in [0.717, 1.165) is 22.9 Å². The van der Waals surface area contributed by atoms with Gasteiger partial charge in [0.1, 0.15) is 0 Å². The fourth-order valence-corrected chi connectivity index (χ4v) is 2.50. The topological polar surface area (TPSA) is 26.0 Å². The van der Waals surface area contributed by atoms with Crippen LogP contribution in [-0.4, -0.2) is 11.0 Å². The summed E-state index contributed by atoms with van der Waals surface area (Å²) in [5.41, 5.74) is 6.61. The van der Waals surface area contributed by atoms with Crippen LogP contribution in [0.25, 0.3) is 0 Å². The third-order valence-corrected chi connectivity index (χ3v) is 3.62. The van der Waals surface area contributed by atoms with Gasteiger partial charge in [0.25, 0.3) is 0 Å². The number of nitrogens with two attached hydrogens (primary N) is 1. The summed E-state index contributed by atoms with van der Waals surface area (Å²) in [5, 5.41) is 1.61. The summed E-state index contributed by atoms with van der Waals surface area (Å²) in [6, 6.07) is 0. The van der Waals surface area contributed by atoms with E-state index in [1.54, 1.807) is 17.8 Å². The van der Waals surface area contributed by atoms with Crippen LogP contribution in [0.2, 0.25) is 0 Å². The first kappa shape index (κ1) is 10.3. The molecule has 0 saturated carbocycles. The molecule has 0 radical (unpaired) electrons. The normalized spacial score (nSPS) is 24.2. The Morgan fingerprint density at radius 3 is 2.92 bits per heavy atom. The SMILES string of the molecule is CCSC1CC(Cl)=C(Cl)C=C1N. The molecule has 1 unspecified atom stereocenters. The van der Waals surface area contributed by atoms with Crippen LogP contribution in [0.3, 0.4) is 0 Å². The summed E-state index contributed by atoms with van der Waals surface area (Å²) in [7, 11) is 0. The minimum Gasteiger partial charge on any atom is -0.401 e. The van der Waals surface area contributed by atoms with E-state index < -0.39 is 0 Å². The van der Waals surface area contributed by atoms with Crippen LogP contribution in [0.15, 0.2) is 21.8 Å². The van der Waals surface area contributed by atoms with E-state index >= 15 is 0 Å². The average molecular weight is 224 g/mol. The molecule has 1 atom stereocenters. The van der Waals surface area contributed by atoms with Gasteiger partial charge < -0.3 is 5.73 Å². The molecular weight excluding hydrogens is 213 g/mol. The average Bonchev–Trinajstić information content (AvgIpc) is 2.01. The van der Waals surface area contributed by atoms with Gasteiger partial charge in [-0.2, -0.15) is 11.8 Å². The van der Waals surface area contributed by atoms with E-state index in [9.17, 15) is 0 Å². The minimum atomic E-state index is 0.310. The fourth-order valence-electron chi connectivity index (χ4n) is 1.05. The fraction of sp³-hybridized carbons (Fsp3) is 0.500. The summed E-state index contributed by atoms with van der Waals surface area (Å²) in [5.74, 6) is 1.04. The second-order valence-corrected chi connectivity index (χ2v) is 4.89. The molecule has 1 aliphatic rings. The number of thioether (sulfide) groups is 1. The molecule has 0 aromatic rings. The summed E-state index contributed by atoms with van der Waals surface area (Å²) in [6.45, 7) is 2.10. The Labute approximate surface area is 87.0 Å². The Balaban J connectivity index is 2.71. The Morgan fingerprint density at radius 2 is 2.33 bits per heavy atom. The van der Waals surface area contributed by atoms with E-state index in [2.05, 4.69) is 6.92 Å². The van der Waals surface area contributed by atoms with Gasteiger partial charge in [0.2, 0.25) is 0 Å². The van der Waals surface area contributed by atoms with Crippen molar-refractivity contribution in [2.75, 3.05) is 5.75 Å². The lowest BCUT2D eigenvalue weighted by Gasteiger charge is -2.20. The quantitative estimate of drug-likeness (QED) is 0.780. The second-order valence-electron chi connectivity index (χ2n) is 2.55. The molecule has 0 spiro atoms. The van der Waals surface area contributed by atoms with Gasteiger partial charge in [-0.1, -0.05) is 30.1 Å². The molecule has 1 rings (SSSR count). The van der Waals surface area contributed by atoms with Crippen LogP contribution in [0.4, 0.5) is 0 Å². The zero-order valence-corrected chi connectivity index (χ0v) is 9.14. The van der Waals surface area contributed by atoms with Gasteiger partial charge in [-0.3, -0.25) is 0 Å². The molecule has 0 aromatic carbocycles. The van der Waals surface area contributed by atoms with Crippen LogP contribution >= 0.6 is 35.0 Å². The first-order valence-corrected chi connectivity index (χ1v) is 5.58. The van der Waals surface area contributed by atoms with Crippen molar-refractivity contribution in [3.8, 4) is 0 Å². The summed E-state index contributed by atoms with van der Waals surface area (Å²) in [4.78, 5) is 0. The van der Waals surface area contributed by atoms with Crippen molar-refractivity contribution in [3.05, 3.63) is 21.8 Å². The molecule has 0 aliphatic heterocycles. The molecular formula is C8H11Cl2NS. The predicted octanol–water partition coefficient (Wildman–Crippen LogP) is 3.04. The second kappa shape index (κ2) is 4.45. The molecule has 0 bridgehead atoms. The summed E-state index contributed by atoms with van der Waals surface area (Å²) < 4.78 is 0. The van der Waals surface area contributed by atoms with Gasteiger partial charge in [0, 0.05) is 22.4 Å². The number of hydrogen-bond acceptors (Lipinski definition) is 2. The molecule has 0 amide bonds. The molecule has 0 aromatic heterocycles. The highest BCUT2D eigenvalue weighted by Gasteiger charge is 2.19. The van der Waals surface area contributed by atoms with Crippen molar-refractivity contribution < 1.29 is 0 Å². The lowest BCUT2D eigenvalue weighted by Crippen LogP contribution is -2.18. The van der Waals surface area contributed by atoms with Crippen LogP contribution in [0, 0.1) is 0 Å². The van der Waals surface area contributed by atoms with Gasteiger partial charge in [0.05, 0.1) is 5.03 Å². The first-order valence-electron chi connectivity index (χ1n) is 3.78. The van der Waals surface area contributed by atoms with Gasteiger partial charge in [0.15, 0.2) is 0 Å². The van der Waals surface area contributed by atoms with Crippen LogP contribution in [0.5, 0.6) is 0 Å². The van der Waals surface area contributed by atoms with Gasteiger partial charge in [-0.25, -0.2) is 0 Å². The molecule has 1 nitrogen and oxygen atoms in total. The molecule has 68 valence electrons. The molecule has 1 aliphatic carbocycles. The molecule has 2 N–H and O–H groups in total. The van der Waals surface area contributed by atoms with Gasteiger partial charge in [-0.05, 0) is 11.8 Å². The Bertz CT molecular complexity index is 235. The highest BCUT2D eigenvalue weighted by atomic mass is 35.5. The number of allylic oxidation sites excluding steroid dienone is 3. The highest BCUT2D eigenvalue weighted by Crippen LogP contribution is 2.33. The molecule has 4 heteroatoms. The van der Waals surface area contributed by atoms with Crippen molar-refractivity contribution in [2.24, 2.45) is 5.73 Å². The van der Waals surface area contributed by atoms with Crippen molar-refractivity contribution >= 4 is 35.0 Å². The maximum atomic E-state index is 5.90. The monoisotopic (exact) mass is 223 g/mol. The summed E-state index contributed by atoms with van der Waals surface area (Å²) >= 11 is 13.5. The summed E-state index contributed by atoms with van der Waals surface area (Å²) in [6.07, 6.45) is 2.52. The van der Waals surface area contributed by atoms with Crippen molar-refractivity contribution in [1.82, 2.24) is 0 Å². The van der Waals surface area contributed by atoms with Crippen LogP contribution in [0.1, 0.15) is 13.3 Å². The standard InChI is InChI=1S/C8H11Cl2NS/c1-2-12-8-4-6(10)5(9)3-7(8)11/h3,8H,2,4,11H2,1H3.